The van der Waals surface area contributed by atoms with Crippen molar-refractivity contribution >= 4 is 23.5 Å². The molecule has 1 fully saturated rings. The SMILES string of the molecule is COC(=O)CC1(CSc2c(F)cccc2C(C)=O)CC1. The van der Waals surface area contributed by atoms with Crippen LogP contribution in [0.5, 0.6) is 0 Å². The van der Waals surface area contributed by atoms with Crippen molar-refractivity contribution in [3.05, 3.63) is 29.6 Å². The van der Waals surface area contributed by atoms with Crippen molar-refractivity contribution < 1.29 is 18.7 Å². The molecule has 0 aliphatic heterocycles. The smallest absolute Gasteiger partial charge is 0.306 e. The highest BCUT2D eigenvalue weighted by Gasteiger charge is 2.44. The molecule has 5 heteroatoms. The van der Waals surface area contributed by atoms with Crippen LogP contribution in [-0.2, 0) is 9.53 Å². The van der Waals surface area contributed by atoms with Gasteiger partial charge in [0.25, 0.3) is 0 Å². The Morgan fingerprint density at radius 3 is 2.65 bits per heavy atom. The zero-order chi connectivity index (χ0) is 14.8. The minimum atomic E-state index is -0.378. The number of hydrogen-bond donors (Lipinski definition) is 0. The van der Waals surface area contributed by atoms with E-state index in [0.717, 1.165) is 12.8 Å². The van der Waals surface area contributed by atoms with E-state index in [0.29, 0.717) is 22.6 Å². The van der Waals surface area contributed by atoms with E-state index in [9.17, 15) is 14.0 Å². The normalized spacial score (nSPS) is 15.8. The molecule has 3 nitrogen and oxygen atoms in total. The second kappa shape index (κ2) is 5.95. The summed E-state index contributed by atoms with van der Waals surface area (Å²) >= 11 is 1.32. The molecule has 0 unspecified atom stereocenters. The molecule has 108 valence electrons. The summed E-state index contributed by atoms with van der Waals surface area (Å²) in [5.74, 6) is -0.131. The Labute approximate surface area is 121 Å². The molecule has 0 bridgehead atoms. The molecule has 1 aliphatic rings. The fourth-order valence-electron chi connectivity index (χ4n) is 2.09. The van der Waals surface area contributed by atoms with Crippen molar-refractivity contribution in [2.24, 2.45) is 5.41 Å². The Morgan fingerprint density at radius 1 is 1.40 bits per heavy atom. The third kappa shape index (κ3) is 3.39. The number of ether oxygens (including phenoxy) is 1. The first-order valence-electron chi connectivity index (χ1n) is 6.46. The maximum Gasteiger partial charge on any atom is 0.306 e. The fourth-order valence-corrected chi connectivity index (χ4v) is 3.50. The van der Waals surface area contributed by atoms with Gasteiger partial charge in [0, 0.05) is 11.3 Å². The highest BCUT2D eigenvalue weighted by Crippen LogP contribution is 2.52. The number of hydrogen-bond acceptors (Lipinski definition) is 4. The van der Waals surface area contributed by atoms with Gasteiger partial charge >= 0.3 is 5.97 Å². The van der Waals surface area contributed by atoms with Gasteiger partial charge in [-0.2, -0.15) is 0 Å². The number of esters is 1. The molecule has 20 heavy (non-hydrogen) atoms. The van der Waals surface area contributed by atoms with E-state index in [1.54, 1.807) is 6.07 Å². The second-order valence-corrected chi connectivity index (χ2v) is 6.20. The van der Waals surface area contributed by atoms with Crippen LogP contribution in [0.2, 0.25) is 0 Å². The first-order valence-corrected chi connectivity index (χ1v) is 7.45. The van der Waals surface area contributed by atoms with E-state index < -0.39 is 0 Å². The number of rotatable bonds is 6. The standard InChI is InChI=1S/C15H17FO3S/c1-10(17)11-4-3-5-12(16)14(11)20-9-15(6-7-15)8-13(18)19-2/h3-5H,6-9H2,1-2H3. The van der Waals surface area contributed by atoms with Crippen LogP contribution in [0.25, 0.3) is 0 Å². The second-order valence-electron chi connectivity index (χ2n) is 5.21. The van der Waals surface area contributed by atoms with E-state index in [-0.39, 0.29) is 23.0 Å². The average Bonchev–Trinajstić information content (AvgIpc) is 3.16. The summed E-state index contributed by atoms with van der Waals surface area (Å²) in [5, 5.41) is 0. The number of ketones is 1. The van der Waals surface area contributed by atoms with Crippen LogP contribution in [-0.4, -0.2) is 24.6 Å². The van der Waals surface area contributed by atoms with Gasteiger partial charge in [0.2, 0.25) is 0 Å². The highest BCUT2D eigenvalue weighted by atomic mass is 32.2. The lowest BCUT2D eigenvalue weighted by Crippen LogP contribution is -2.13. The van der Waals surface area contributed by atoms with Crippen LogP contribution in [0.3, 0.4) is 0 Å². The zero-order valence-corrected chi connectivity index (χ0v) is 12.4. The van der Waals surface area contributed by atoms with Gasteiger partial charge in [-0.25, -0.2) is 4.39 Å². The maximum absolute atomic E-state index is 13.9. The van der Waals surface area contributed by atoms with Crippen LogP contribution >= 0.6 is 11.8 Å². The molecule has 0 spiro atoms. The molecule has 0 heterocycles. The Bertz CT molecular complexity index is 538. The lowest BCUT2D eigenvalue weighted by molar-refractivity contribution is -0.141. The number of halogens is 1. The Kier molecular flexibility index (Phi) is 4.48. The van der Waals surface area contributed by atoms with E-state index in [1.165, 1.54) is 37.9 Å². The number of carbonyl (C=O) groups is 2. The lowest BCUT2D eigenvalue weighted by Gasteiger charge is -2.14. The van der Waals surface area contributed by atoms with Crippen LogP contribution in [0.1, 0.15) is 36.5 Å². The van der Waals surface area contributed by atoms with E-state index in [2.05, 4.69) is 4.74 Å². The molecule has 0 N–H and O–H groups in total. The fraction of sp³-hybridized carbons (Fsp3) is 0.467. The minimum Gasteiger partial charge on any atom is -0.469 e. The summed E-state index contributed by atoms with van der Waals surface area (Å²) in [7, 11) is 1.37. The molecule has 1 aromatic rings. The maximum atomic E-state index is 13.9. The molecular weight excluding hydrogens is 279 g/mol. The van der Waals surface area contributed by atoms with Crippen LogP contribution < -0.4 is 0 Å². The summed E-state index contributed by atoms with van der Waals surface area (Å²) in [5.41, 5.74) is 0.317. The molecule has 0 radical (unpaired) electrons. The number of carbonyl (C=O) groups excluding carboxylic acids is 2. The number of benzene rings is 1. The molecule has 1 aliphatic carbocycles. The molecule has 1 aromatic carbocycles. The lowest BCUT2D eigenvalue weighted by atomic mass is 10.1. The molecule has 1 saturated carbocycles. The van der Waals surface area contributed by atoms with E-state index in [1.807, 2.05) is 0 Å². The summed E-state index contributed by atoms with van der Waals surface area (Å²) in [6.07, 6.45) is 2.25. The molecule has 0 saturated heterocycles. The largest absolute Gasteiger partial charge is 0.469 e. The van der Waals surface area contributed by atoms with Gasteiger partial charge < -0.3 is 4.74 Å². The van der Waals surface area contributed by atoms with Gasteiger partial charge in [0.1, 0.15) is 5.82 Å². The highest BCUT2D eigenvalue weighted by molar-refractivity contribution is 7.99. The van der Waals surface area contributed by atoms with Crippen molar-refractivity contribution in [3.63, 3.8) is 0 Å². The van der Waals surface area contributed by atoms with Gasteiger partial charge in [-0.15, -0.1) is 11.8 Å². The van der Waals surface area contributed by atoms with Crippen molar-refractivity contribution in [2.75, 3.05) is 12.9 Å². The molecule has 0 atom stereocenters. The summed E-state index contributed by atoms with van der Waals surface area (Å²) in [6.45, 7) is 1.43. The first-order chi connectivity index (χ1) is 9.47. The summed E-state index contributed by atoms with van der Waals surface area (Å²) < 4.78 is 18.6. The van der Waals surface area contributed by atoms with Crippen molar-refractivity contribution in [1.29, 1.82) is 0 Å². The Balaban J connectivity index is 2.08. The average molecular weight is 296 g/mol. The van der Waals surface area contributed by atoms with Gasteiger partial charge in [0.15, 0.2) is 5.78 Å². The number of Topliss-reactive ketones (excluding diaryl/α,β-unsaturated/α-hetero) is 1. The minimum absolute atomic E-state index is 0.0892. The first kappa shape index (κ1) is 15.0. The Morgan fingerprint density at radius 2 is 2.10 bits per heavy atom. The zero-order valence-electron chi connectivity index (χ0n) is 11.6. The van der Waals surface area contributed by atoms with Crippen molar-refractivity contribution in [2.45, 2.75) is 31.1 Å². The van der Waals surface area contributed by atoms with Gasteiger partial charge in [-0.1, -0.05) is 12.1 Å². The topological polar surface area (TPSA) is 43.4 Å². The van der Waals surface area contributed by atoms with E-state index >= 15 is 0 Å². The molecular formula is C15H17FO3S. The number of methoxy groups -OCH3 is 1. The predicted octanol–water partition coefficient (Wildman–Crippen LogP) is 3.46. The quantitative estimate of drug-likeness (QED) is 0.458. The van der Waals surface area contributed by atoms with E-state index in [4.69, 9.17) is 0 Å². The number of thioether (sulfide) groups is 1. The predicted molar refractivity (Wildman–Crippen MR) is 75.4 cm³/mol. The van der Waals surface area contributed by atoms with Crippen molar-refractivity contribution in [3.8, 4) is 0 Å². The van der Waals surface area contributed by atoms with Gasteiger partial charge in [0.05, 0.1) is 18.4 Å². The van der Waals surface area contributed by atoms with Crippen LogP contribution in [0, 0.1) is 11.2 Å². The van der Waals surface area contributed by atoms with Crippen LogP contribution in [0.15, 0.2) is 23.1 Å². The third-order valence-electron chi connectivity index (χ3n) is 3.57. The molecule has 0 amide bonds. The molecule has 0 aromatic heterocycles. The Hall–Kier alpha value is -1.36. The van der Waals surface area contributed by atoms with Crippen LogP contribution in [0.4, 0.5) is 4.39 Å². The van der Waals surface area contributed by atoms with Crippen molar-refractivity contribution in [1.82, 2.24) is 0 Å². The summed E-state index contributed by atoms with van der Waals surface area (Å²) in [4.78, 5) is 23.3. The summed E-state index contributed by atoms with van der Waals surface area (Å²) in [6, 6.07) is 4.53. The van der Waals surface area contributed by atoms with Gasteiger partial charge in [-0.3, -0.25) is 9.59 Å². The van der Waals surface area contributed by atoms with Gasteiger partial charge in [-0.05, 0) is 31.2 Å². The monoisotopic (exact) mass is 296 g/mol. The third-order valence-corrected chi connectivity index (χ3v) is 5.03. The molecule has 2 rings (SSSR count).